The lowest BCUT2D eigenvalue weighted by Crippen LogP contribution is -2.22. The molecule has 3 aromatic rings. The lowest BCUT2D eigenvalue weighted by molar-refractivity contribution is -0.118. The van der Waals surface area contributed by atoms with Crippen LogP contribution in [0.4, 0.5) is 0 Å². The highest BCUT2D eigenvalue weighted by molar-refractivity contribution is 7.99. The molecule has 0 unspecified atom stereocenters. The zero-order chi connectivity index (χ0) is 21.5. The molecule has 3 rings (SSSR count). The van der Waals surface area contributed by atoms with Crippen molar-refractivity contribution in [3.05, 3.63) is 59.7 Å². The van der Waals surface area contributed by atoms with Crippen molar-refractivity contribution in [1.29, 1.82) is 0 Å². The molecule has 0 bridgehead atoms. The highest BCUT2D eigenvalue weighted by Gasteiger charge is 2.14. The van der Waals surface area contributed by atoms with E-state index in [1.165, 1.54) is 17.3 Å². The quantitative estimate of drug-likeness (QED) is 0.325. The molecular weight excluding hydrogens is 398 g/mol. The van der Waals surface area contributed by atoms with Crippen LogP contribution in [0.1, 0.15) is 31.4 Å². The molecule has 156 valence electrons. The van der Waals surface area contributed by atoms with Crippen LogP contribution >= 0.6 is 11.8 Å². The normalized spacial score (nSPS) is 11.5. The summed E-state index contributed by atoms with van der Waals surface area (Å²) in [5, 5.41) is 22.9. The summed E-state index contributed by atoms with van der Waals surface area (Å²) in [6.07, 6.45) is 0.655. The number of aryl methyl sites for hydroxylation is 1. The summed E-state index contributed by atoms with van der Waals surface area (Å²) in [6.45, 7) is 6.74. The molecule has 2 aromatic carbocycles. The van der Waals surface area contributed by atoms with Crippen molar-refractivity contribution in [2.24, 2.45) is 5.10 Å². The predicted molar refractivity (Wildman–Crippen MR) is 120 cm³/mol. The monoisotopic (exact) mass is 423 g/mol. The molecule has 0 aliphatic carbocycles. The van der Waals surface area contributed by atoms with E-state index in [1.807, 2.05) is 49.6 Å². The molecule has 0 fully saturated rings. The van der Waals surface area contributed by atoms with Crippen LogP contribution in [-0.2, 0) is 11.3 Å². The SMILES string of the molecule is CC/C(=N/NC(=O)CSc1nnc(-c2ccc(C)cc2)n1CC)c1ccc(O)cc1. The maximum Gasteiger partial charge on any atom is 0.250 e. The topological polar surface area (TPSA) is 92.4 Å². The van der Waals surface area contributed by atoms with Gasteiger partial charge < -0.3 is 9.67 Å². The molecule has 1 heterocycles. The number of nitrogens with zero attached hydrogens (tertiary/aromatic N) is 4. The van der Waals surface area contributed by atoms with Crippen LogP contribution in [0.3, 0.4) is 0 Å². The number of benzene rings is 2. The van der Waals surface area contributed by atoms with Gasteiger partial charge in [0.15, 0.2) is 11.0 Å². The highest BCUT2D eigenvalue weighted by Crippen LogP contribution is 2.24. The summed E-state index contributed by atoms with van der Waals surface area (Å²) in [7, 11) is 0. The van der Waals surface area contributed by atoms with Gasteiger partial charge in [0.05, 0.1) is 11.5 Å². The van der Waals surface area contributed by atoms with Crippen LogP contribution in [0.15, 0.2) is 58.8 Å². The summed E-state index contributed by atoms with van der Waals surface area (Å²) in [5.41, 5.74) is 6.39. The number of carbonyl (C=O) groups is 1. The van der Waals surface area contributed by atoms with Gasteiger partial charge in [0, 0.05) is 12.1 Å². The number of aromatic nitrogens is 3. The third-order valence-electron chi connectivity index (χ3n) is 4.53. The van der Waals surface area contributed by atoms with Crippen molar-refractivity contribution in [2.45, 2.75) is 38.9 Å². The van der Waals surface area contributed by atoms with E-state index < -0.39 is 0 Å². The number of hydrogen-bond donors (Lipinski definition) is 2. The van der Waals surface area contributed by atoms with Gasteiger partial charge in [0.2, 0.25) is 0 Å². The van der Waals surface area contributed by atoms with Crippen LogP contribution in [0.25, 0.3) is 11.4 Å². The number of carbonyl (C=O) groups excluding carboxylic acids is 1. The van der Waals surface area contributed by atoms with Gasteiger partial charge in [-0.05, 0) is 50.1 Å². The van der Waals surface area contributed by atoms with Crippen molar-refractivity contribution in [1.82, 2.24) is 20.2 Å². The molecule has 2 N–H and O–H groups in total. The number of nitrogens with one attached hydrogen (secondary N) is 1. The van der Waals surface area contributed by atoms with Crippen LogP contribution in [0.2, 0.25) is 0 Å². The molecule has 1 amide bonds. The van der Waals surface area contributed by atoms with Crippen molar-refractivity contribution >= 4 is 23.4 Å². The standard InChI is InChI=1S/C22H25N5O2S/c1-4-19(16-10-12-18(28)13-11-16)23-24-20(29)14-30-22-26-25-21(27(22)5-2)17-8-6-15(3)7-9-17/h6-13,28H,4-5,14H2,1-3H3,(H,24,29)/b23-19-. The number of amides is 1. The van der Waals surface area contributed by atoms with Crippen LogP contribution < -0.4 is 5.43 Å². The second kappa shape index (κ2) is 10.1. The third-order valence-corrected chi connectivity index (χ3v) is 5.49. The average molecular weight is 424 g/mol. The van der Waals surface area contributed by atoms with Gasteiger partial charge in [-0.2, -0.15) is 5.10 Å². The average Bonchev–Trinajstić information content (AvgIpc) is 3.17. The Balaban J connectivity index is 1.64. The number of thioether (sulfide) groups is 1. The molecular formula is C22H25N5O2S. The van der Waals surface area contributed by atoms with Gasteiger partial charge in [0.1, 0.15) is 5.75 Å². The van der Waals surface area contributed by atoms with Gasteiger partial charge in [-0.15, -0.1) is 10.2 Å². The van der Waals surface area contributed by atoms with E-state index in [2.05, 4.69) is 20.7 Å². The first-order valence-corrected chi connectivity index (χ1v) is 10.8. The maximum atomic E-state index is 12.3. The van der Waals surface area contributed by atoms with Gasteiger partial charge in [0.25, 0.3) is 5.91 Å². The number of hydrazone groups is 1. The predicted octanol–water partition coefficient (Wildman–Crippen LogP) is 4.00. The second-order valence-corrected chi connectivity index (χ2v) is 7.64. The molecule has 0 aliphatic heterocycles. The van der Waals surface area contributed by atoms with Crippen LogP contribution in [-0.4, -0.2) is 37.2 Å². The Morgan fingerprint density at radius 3 is 2.43 bits per heavy atom. The lowest BCUT2D eigenvalue weighted by Gasteiger charge is -2.08. The zero-order valence-electron chi connectivity index (χ0n) is 17.3. The molecule has 0 saturated carbocycles. The molecule has 1 aromatic heterocycles. The number of aromatic hydroxyl groups is 1. The number of phenolic OH excluding ortho intramolecular Hbond substituents is 1. The van der Waals surface area contributed by atoms with E-state index in [-0.39, 0.29) is 17.4 Å². The summed E-state index contributed by atoms with van der Waals surface area (Å²) in [5.74, 6) is 0.952. The maximum absolute atomic E-state index is 12.3. The van der Waals surface area contributed by atoms with Crippen molar-refractivity contribution in [3.63, 3.8) is 0 Å². The minimum Gasteiger partial charge on any atom is -0.508 e. The number of rotatable bonds is 8. The Morgan fingerprint density at radius 2 is 1.80 bits per heavy atom. The Labute approximate surface area is 180 Å². The van der Waals surface area contributed by atoms with Crippen LogP contribution in [0.5, 0.6) is 5.75 Å². The van der Waals surface area contributed by atoms with Gasteiger partial charge >= 0.3 is 0 Å². The summed E-state index contributed by atoms with van der Waals surface area (Å²) >= 11 is 1.33. The van der Waals surface area contributed by atoms with E-state index in [0.29, 0.717) is 18.1 Å². The first kappa shape index (κ1) is 21.6. The third kappa shape index (κ3) is 5.27. The fourth-order valence-corrected chi connectivity index (χ4v) is 3.69. The molecule has 0 atom stereocenters. The van der Waals surface area contributed by atoms with Gasteiger partial charge in [-0.1, -0.05) is 48.5 Å². The molecule has 8 heteroatoms. The van der Waals surface area contributed by atoms with E-state index >= 15 is 0 Å². The minimum atomic E-state index is -0.215. The molecule has 0 aliphatic rings. The summed E-state index contributed by atoms with van der Waals surface area (Å²) in [6, 6.07) is 14.9. The Hall–Kier alpha value is -3.13. The molecule has 30 heavy (non-hydrogen) atoms. The highest BCUT2D eigenvalue weighted by atomic mass is 32.2. The first-order valence-electron chi connectivity index (χ1n) is 9.79. The first-order chi connectivity index (χ1) is 14.5. The fraction of sp³-hybridized carbons (Fsp3) is 0.273. The van der Waals surface area contributed by atoms with E-state index in [1.54, 1.807) is 24.3 Å². The lowest BCUT2D eigenvalue weighted by atomic mass is 10.1. The van der Waals surface area contributed by atoms with E-state index in [4.69, 9.17) is 0 Å². The molecule has 0 saturated heterocycles. The molecule has 7 nitrogen and oxygen atoms in total. The number of phenols is 1. The largest absolute Gasteiger partial charge is 0.508 e. The second-order valence-electron chi connectivity index (χ2n) is 6.70. The van der Waals surface area contributed by atoms with Crippen molar-refractivity contribution in [3.8, 4) is 17.1 Å². The van der Waals surface area contributed by atoms with E-state index in [9.17, 15) is 9.90 Å². The zero-order valence-corrected chi connectivity index (χ0v) is 18.1. The Bertz CT molecular complexity index is 1030. The van der Waals surface area contributed by atoms with Gasteiger partial charge in [-0.3, -0.25) is 4.79 Å². The Morgan fingerprint density at radius 1 is 1.10 bits per heavy atom. The summed E-state index contributed by atoms with van der Waals surface area (Å²) in [4.78, 5) is 12.3. The number of hydrogen-bond acceptors (Lipinski definition) is 6. The smallest absolute Gasteiger partial charge is 0.250 e. The van der Waals surface area contributed by atoms with Crippen LogP contribution in [0, 0.1) is 6.92 Å². The summed E-state index contributed by atoms with van der Waals surface area (Å²) < 4.78 is 2.00. The van der Waals surface area contributed by atoms with E-state index in [0.717, 1.165) is 22.7 Å². The minimum absolute atomic E-state index is 0.183. The Kier molecular flexibility index (Phi) is 7.24. The van der Waals surface area contributed by atoms with Crippen molar-refractivity contribution in [2.75, 3.05) is 5.75 Å². The van der Waals surface area contributed by atoms with Gasteiger partial charge in [-0.25, -0.2) is 5.43 Å². The molecule has 0 spiro atoms. The van der Waals surface area contributed by atoms with Crippen molar-refractivity contribution < 1.29 is 9.90 Å². The molecule has 0 radical (unpaired) electrons. The fourth-order valence-electron chi connectivity index (χ4n) is 2.89.